The minimum Gasteiger partial charge on any atom is -0.504 e. The average Bonchev–Trinajstić information content (AvgIpc) is 2.52. The molecule has 5 heteroatoms. The Bertz CT molecular complexity index is 945. The molecule has 1 heterocycles. The van der Waals surface area contributed by atoms with E-state index in [-0.39, 0.29) is 17.1 Å². The number of rotatable bonds is 3. The van der Waals surface area contributed by atoms with Crippen molar-refractivity contribution in [3.05, 3.63) is 63.7 Å². The lowest BCUT2D eigenvalue weighted by molar-refractivity contribution is 0.403. The maximum Gasteiger partial charge on any atom is 0.261 e. The molecule has 3 aromatic rings. The number of phenolic OH excluding ortho intramolecular Hbond substituents is 2. The minimum absolute atomic E-state index is 0.0563. The third-order valence-corrected chi connectivity index (χ3v) is 4.04. The van der Waals surface area contributed by atoms with Crippen molar-refractivity contribution in [2.45, 2.75) is 26.8 Å². The molecule has 0 saturated heterocycles. The number of aromatic nitrogens is 2. The van der Waals surface area contributed by atoms with Gasteiger partial charge in [0, 0.05) is 6.54 Å². The normalized spacial score (nSPS) is 11.0. The molecule has 0 aliphatic carbocycles. The van der Waals surface area contributed by atoms with Gasteiger partial charge in [0.15, 0.2) is 11.5 Å². The van der Waals surface area contributed by atoms with Gasteiger partial charge in [-0.1, -0.05) is 18.2 Å². The first kappa shape index (κ1) is 15.1. The Morgan fingerprint density at radius 3 is 2.61 bits per heavy atom. The molecule has 0 amide bonds. The van der Waals surface area contributed by atoms with E-state index in [4.69, 9.17) is 0 Å². The highest BCUT2D eigenvalue weighted by Gasteiger charge is 2.10. The summed E-state index contributed by atoms with van der Waals surface area (Å²) in [6.45, 7) is 4.23. The second kappa shape index (κ2) is 5.76. The van der Waals surface area contributed by atoms with Gasteiger partial charge in [-0.2, -0.15) is 0 Å². The Morgan fingerprint density at radius 2 is 1.87 bits per heavy atom. The standard InChI is InChI=1S/C18H18N2O3/c1-11-4-3-5-14-17(11)19-12(2)20(18(14)23)9-8-13-6-7-15(21)16(22)10-13/h3-7,10,21-22H,8-9H2,1-2H3. The van der Waals surface area contributed by atoms with E-state index in [1.54, 1.807) is 16.7 Å². The zero-order valence-corrected chi connectivity index (χ0v) is 13.1. The number of benzene rings is 2. The Labute approximate surface area is 133 Å². The summed E-state index contributed by atoms with van der Waals surface area (Å²) in [5, 5.41) is 19.5. The first-order valence-corrected chi connectivity index (χ1v) is 7.45. The summed E-state index contributed by atoms with van der Waals surface area (Å²) in [6, 6.07) is 10.3. The highest BCUT2D eigenvalue weighted by molar-refractivity contribution is 5.80. The van der Waals surface area contributed by atoms with Gasteiger partial charge in [0.05, 0.1) is 10.9 Å². The summed E-state index contributed by atoms with van der Waals surface area (Å²) >= 11 is 0. The van der Waals surface area contributed by atoms with Gasteiger partial charge in [0.1, 0.15) is 5.82 Å². The van der Waals surface area contributed by atoms with E-state index in [2.05, 4.69) is 4.98 Å². The Balaban J connectivity index is 1.97. The third-order valence-electron chi connectivity index (χ3n) is 4.04. The van der Waals surface area contributed by atoms with Crippen molar-refractivity contribution < 1.29 is 10.2 Å². The lowest BCUT2D eigenvalue weighted by Gasteiger charge is -2.12. The predicted molar refractivity (Wildman–Crippen MR) is 89.0 cm³/mol. The summed E-state index contributed by atoms with van der Waals surface area (Å²) < 4.78 is 1.64. The van der Waals surface area contributed by atoms with Gasteiger partial charge < -0.3 is 10.2 Å². The molecule has 0 unspecified atom stereocenters. The number of hydrogen-bond acceptors (Lipinski definition) is 4. The summed E-state index contributed by atoms with van der Waals surface area (Å²) in [5.74, 6) is 0.364. The van der Waals surface area contributed by atoms with Gasteiger partial charge in [0.2, 0.25) is 0 Å². The largest absolute Gasteiger partial charge is 0.504 e. The number of aryl methyl sites for hydroxylation is 3. The molecule has 5 nitrogen and oxygen atoms in total. The number of para-hydroxylation sites is 1. The molecular formula is C18H18N2O3. The molecule has 1 aromatic heterocycles. The first-order valence-electron chi connectivity index (χ1n) is 7.45. The molecule has 0 saturated carbocycles. The molecular weight excluding hydrogens is 292 g/mol. The molecule has 23 heavy (non-hydrogen) atoms. The minimum atomic E-state index is -0.154. The summed E-state index contributed by atoms with van der Waals surface area (Å²) in [4.78, 5) is 17.2. The van der Waals surface area contributed by atoms with E-state index >= 15 is 0 Å². The number of phenols is 2. The molecule has 0 atom stereocenters. The Hall–Kier alpha value is -2.82. The fraction of sp³-hybridized carbons (Fsp3) is 0.222. The van der Waals surface area contributed by atoms with Crippen molar-refractivity contribution in [1.29, 1.82) is 0 Å². The highest BCUT2D eigenvalue weighted by Crippen LogP contribution is 2.25. The second-order valence-corrected chi connectivity index (χ2v) is 5.66. The van der Waals surface area contributed by atoms with Gasteiger partial charge in [-0.15, -0.1) is 0 Å². The van der Waals surface area contributed by atoms with Gasteiger partial charge >= 0.3 is 0 Å². The van der Waals surface area contributed by atoms with Crippen LogP contribution >= 0.6 is 0 Å². The maximum absolute atomic E-state index is 12.7. The predicted octanol–water partition coefficient (Wildman–Crippen LogP) is 2.67. The van der Waals surface area contributed by atoms with Crippen LogP contribution in [0.2, 0.25) is 0 Å². The van der Waals surface area contributed by atoms with E-state index in [1.165, 1.54) is 12.1 Å². The highest BCUT2D eigenvalue weighted by atomic mass is 16.3. The van der Waals surface area contributed by atoms with E-state index in [0.717, 1.165) is 16.6 Å². The lowest BCUT2D eigenvalue weighted by atomic mass is 10.1. The van der Waals surface area contributed by atoms with Crippen LogP contribution in [0, 0.1) is 13.8 Å². The zero-order chi connectivity index (χ0) is 16.6. The van der Waals surface area contributed by atoms with Crippen LogP contribution in [0.1, 0.15) is 17.0 Å². The van der Waals surface area contributed by atoms with Gasteiger partial charge in [-0.05, 0) is 49.6 Å². The van der Waals surface area contributed by atoms with Crippen molar-refractivity contribution in [2.75, 3.05) is 0 Å². The van der Waals surface area contributed by atoms with Crippen LogP contribution in [-0.2, 0) is 13.0 Å². The van der Waals surface area contributed by atoms with Crippen LogP contribution in [0.25, 0.3) is 10.9 Å². The van der Waals surface area contributed by atoms with Crippen LogP contribution < -0.4 is 5.56 Å². The molecule has 0 aliphatic rings. The SMILES string of the molecule is Cc1cccc2c(=O)n(CCc3ccc(O)c(O)c3)c(C)nc12. The van der Waals surface area contributed by atoms with Crippen LogP contribution in [0.4, 0.5) is 0 Å². The van der Waals surface area contributed by atoms with E-state index in [0.29, 0.717) is 24.2 Å². The van der Waals surface area contributed by atoms with Crippen LogP contribution in [0.3, 0.4) is 0 Å². The van der Waals surface area contributed by atoms with Crippen molar-refractivity contribution in [3.8, 4) is 11.5 Å². The van der Waals surface area contributed by atoms with Gasteiger partial charge in [-0.25, -0.2) is 4.98 Å². The fourth-order valence-corrected chi connectivity index (χ4v) is 2.72. The van der Waals surface area contributed by atoms with E-state index < -0.39 is 0 Å². The lowest BCUT2D eigenvalue weighted by Crippen LogP contribution is -2.25. The molecule has 2 N–H and O–H groups in total. The third kappa shape index (κ3) is 2.77. The first-order chi connectivity index (χ1) is 11.0. The number of hydrogen-bond donors (Lipinski definition) is 2. The number of nitrogens with zero attached hydrogens (tertiary/aromatic N) is 2. The van der Waals surface area contributed by atoms with Crippen LogP contribution in [-0.4, -0.2) is 19.8 Å². The molecule has 0 spiro atoms. The second-order valence-electron chi connectivity index (χ2n) is 5.66. The quantitative estimate of drug-likeness (QED) is 0.729. The molecule has 0 aliphatic heterocycles. The van der Waals surface area contributed by atoms with Gasteiger partial charge in [-0.3, -0.25) is 9.36 Å². The molecule has 0 fully saturated rings. The summed E-state index contributed by atoms with van der Waals surface area (Å²) in [5.41, 5.74) is 2.52. The van der Waals surface area contributed by atoms with Crippen molar-refractivity contribution in [1.82, 2.24) is 9.55 Å². The molecule has 2 aromatic carbocycles. The van der Waals surface area contributed by atoms with Crippen molar-refractivity contribution in [2.24, 2.45) is 0 Å². The summed E-state index contributed by atoms with van der Waals surface area (Å²) in [6.07, 6.45) is 0.563. The molecule has 0 radical (unpaired) electrons. The number of fused-ring (bicyclic) bond motifs is 1. The van der Waals surface area contributed by atoms with Crippen molar-refractivity contribution in [3.63, 3.8) is 0 Å². The molecule has 0 bridgehead atoms. The zero-order valence-electron chi connectivity index (χ0n) is 13.1. The van der Waals surface area contributed by atoms with Crippen molar-refractivity contribution >= 4 is 10.9 Å². The monoisotopic (exact) mass is 310 g/mol. The maximum atomic E-state index is 12.7. The Kier molecular flexibility index (Phi) is 3.78. The molecule has 3 rings (SSSR count). The Morgan fingerprint density at radius 1 is 1.09 bits per heavy atom. The summed E-state index contributed by atoms with van der Waals surface area (Å²) in [7, 11) is 0. The van der Waals surface area contributed by atoms with Gasteiger partial charge in [0.25, 0.3) is 5.56 Å². The number of aromatic hydroxyl groups is 2. The molecule has 118 valence electrons. The smallest absolute Gasteiger partial charge is 0.261 e. The van der Waals surface area contributed by atoms with E-state index in [9.17, 15) is 15.0 Å². The van der Waals surface area contributed by atoms with E-state index in [1.807, 2.05) is 26.0 Å². The van der Waals surface area contributed by atoms with Crippen LogP contribution in [0.5, 0.6) is 11.5 Å². The topological polar surface area (TPSA) is 75.4 Å². The average molecular weight is 310 g/mol. The fourth-order valence-electron chi connectivity index (χ4n) is 2.72. The van der Waals surface area contributed by atoms with Crippen LogP contribution in [0.15, 0.2) is 41.2 Å².